The summed E-state index contributed by atoms with van der Waals surface area (Å²) in [5.74, 6) is 1.23. The predicted octanol–water partition coefficient (Wildman–Crippen LogP) is 6.27. The Bertz CT molecular complexity index is 1680. The van der Waals surface area contributed by atoms with Gasteiger partial charge >= 0.3 is 12.2 Å². The van der Waals surface area contributed by atoms with E-state index in [9.17, 15) is 19.8 Å². The van der Waals surface area contributed by atoms with Crippen molar-refractivity contribution in [2.24, 2.45) is 0 Å². The Hall–Kier alpha value is -5.20. The van der Waals surface area contributed by atoms with Gasteiger partial charge in [0.2, 0.25) is 0 Å². The maximum absolute atomic E-state index is 11.5. The molecule has 0 aliphatic heterocycles. The molecule has 0 bridgehead atoms. The summed E-state index contributed by atoms with van der Waals surface area (Å²) < 4.78 is 10.3. The first-order chi connectivity index (χ1) is 23.7. The lowest BCUT2D eigenvalue weighted by Crippen LogP contribution is -2.33. The molecular weight excluding hydrogens is 636 g/mol. The first-order valence-electron chi connectivity index (χ1n) is 16.4. The minimum absolute atomic E-state index is 0.00340. The van der Waals surface area contributed by atoms with Crippen LogP contribution < -0.4 is 10.6 Å². The van der Waals surface area contributed by atoms with Crippen LogP contribution in [-0.2, 0) is 29.1 Å². The molecule has 0 radical (unpaired) electrons. The van der Waals surface area contributed by atoms with E-state index < -0.39 is 23.4 Å². The molecule has 4 rings (SSSR count). The molecule has 0 fully saturated rings. The topological polar surface area (TPSA) is 169 Å². The number of benzene rings is 2. The van der Waals surface area contributed by atoms with Crippen LogP contribution in [0.4, 0.5) is 9.59 Å². The first kappa shape index (κ1) is 39.2. The number of alkyl carbamates (subject to hydrolysis) is 2. The molecule has 0 aliphatic rings. The highest BCUT2D eigenvalue weighted by molar-refractivity contribution is 5.68. The van der Waals surface area contributed by atoms with Crippen LogP contribution in [0.25, 0.3) is 28.9 Å². The molecule has 0 saturated carbocycles. The Balaban J connectivity index is 0.000000270. The van der Waals surface area contributed by atoms with Crippen molar-refractivity contribution in [3.63, 3.8) is 0 Å². The van der Waals surface area contributed by atoms with Crippen LogP contribution in [-0.4, -0.2) is 66.6 Å². The molecule has 0 aliphatic carbocycles. The molecule has 2 heterocycles. The van der Waals surface area contributed by atoms with Gasteiger partial charge in [-0.2, -0.15) is 0 Å². The number of carbonyl (C=O) groups is 2. The van der Waals surface area contributed by atoms with Crippen molar-refractivity contribution in [3.8, 4) is 22.8 Å². The van der Waals surface area contributed by atoms with Gasteiger partial charge in [0.1, 0.15) is 11.2 Å². The number of aliphatic hydroxyl groups is 2. The van der Waals surface area contributed by atoms with Gasteiger partial charge in [0.15, 0.2) is 11.6 Å². The monoisotopic (exact) mass is 684 g/mol. The minimum Gasteiger partial charge on any atom is -0.444 e. The number of rotatable bonds is 11. The van der Waals surface area contributed by atoms with Gasteiger partial charge in [-0.1, -0.05) is 48.6 Å². The molecule has 2 amide bonds. The van der Waals surface area contributed by atoms with Gasteiger partial charge in [-0.25, -0.2) is 29.5 Å². The van der Waals surface area contributed by atoms with Gasteiger partial charge in [-0.15, -0.1) is 0 Å². The standard InChI is InChI=1S/C19H25N3O3.C19H23N3O3/c2*1-19(2,3)25-18(24)20-9-5-7-15-11-21-17(22-12-15)16-8-4-6-14(10-16)13-23/h4,6,8,10-12,23H,5,7,9,13H2,1-3H3,(H,20,24);4-8,10-12,23H,9,13H2,1-3H3,(H,20,24)/b;7-5+. The largest absolute Gasteiger partial charge is 0.444 e. The van der Waals surface area contributed by atoms with Crippen molar-refractivity contribution in [1.29, 1.82) is 0 Å². The minimum atomic E-state index is -0.509. The van der Waals surface area contributed by atoms with Gasteiger partial charge < -0.3 is 30.3 Å². The van der Waals surface area contributed by atoms with Crippen molar-refractivity contribution >= 4 is 18.3 Å². The van der Waals surface area contributed by atoms with Crippen LogP contribution in [0.2, 0.25) is 0 Å². The maximum atomic E-state index is 11.5. The Morgan fingerprint density at radius 2 is 1.18 bits per heavy atom. The summed E-state index contributed by atoms with van der Waals surface area (Å²) >= 11 is 0. The van der Waals surface area contributed by atoms with Crippen molar-refractivity contribution < 1.29 is 29.3 Å². The number of nitrogens with one attached hydrogen (secondary N) is 2. The number of amides is 2. The highest BCUT2D eigenvalue weighted by atomic mass is 16.6. The highest BCUT2D eigenvalue weighted by Gasteiger charge is 2.16. The zero-order valence-electron chi connectivity index (χ0n) is 29.6. The molecule has 0 atom stereocenters. The molecule has 12 heteroatoms. The van der Waals surface area contributed by atoms with Gasteiger partial charge in [0.05, 0.1) is 13.2 Å². The van der Waals surface area contributed by atoms with E-state index in [2.05, 4.69) is 30.6 Å². The molecule has 4 N–H and O–H groups in total. The van der Waals surface area contributed by atoms with E-state index in [1.165, 1.54) is 0 Å². The number of aryl methyl sites for hydroxylation is 1. The Morgan fingerprint density at radius 1 is 0.700 bits per heavy atom. The van der Waals surface area contributed by atoms with E-state index in [1.807, 2.05) is 96.1 Å². The van der Waals surface area contributed by atoms with Gasteiger partial charge in [-0.3, -0.25) is 0 Å². The molecule has 50 heavy (non-hydrogen) atoms. The average molecular weight is 685 g/mol. The summed E-state index contributed by atoms with van der Waals surface area (Å²) in [5, 5.41) is 23.8. The molecule has 0 unspecified atom stereocenters. The summed E-state index contributed by atoms with van der Waals surface area (Å²) in [6.07, 6.45) is 11.3. The smallest absolute Gasteiger partial charge is 0.407 e. The SMILES string of the molecule is CC(C)(C)OC(=O)NC/C=C/c1cnc(-c2cccc(CO)c2)nc1.CC(C)(C)OC(=O)NCCCc1cnc(-c2cccc(CO)c2)nc1. The van der Waals surface area contributed by atoms with Gasteiger partial charge in [0, 0.05) is 54.6 Å². The number of carbonyl (C=O) groups excluding carboxylic acids is 2. The van der Waals surface area contributed by atoms with Gasteiger partial charge in [0.25, 0.3) is 0 Å². The summed E-state index contributed by atoms with van der Waals surface area (Å²) in [5.41, 5.74) is 4.22. The van der Waals surface area contributed by atoms with Gasteiger partial charge in [-0.05, 0) is 83.2 Å². The van der Waals surface area contributed by atoms with E-state index in [0.717, 1.165) is 46.2 Å². The van der Waals surface area contributed by atoms with Crippen molar-refractivity contribution in [2.45, 2.75) is 78.8 Å². The molecule has 12 nitrogen and oxygen atoms in total. The van der Waals surface area contributed by atoms with Crippen molar-refractivity contribution in [3.05, 3.63) is 102 Å². The lowest BCUT2D eigenvalue weighted by atomic mass is 10.1. The van der Waals surface area contributed by atoms with Crippen LogP contribution in [0.3, 0.4) is 0 Å². The summed E-state index contributed by atoms with van der Waals surface area (Å²) in [4.78, 5) is 40.5. The zero-order chi connectivity index (χ0) is 36.6. The Morgan fingerprint density at radius 3 is 1.66 bits per heavy atom. The number of hydrogen-bond acceptors (Lipinski definition) is 10. The van der Waals surface area contributed by atoms with Crippen LogP contribution >= 0.6 is 0 Å². The second kappa shape index (κ2) is 19.1. The van der Waals surface area contributed by atoms with Crippen LogP contribution in [0, 0.1) is 0 Å². The fourth-order valence-electron chi connectivity index (χ4n) is 4.27. The maximum Gasteiger partial charge on any atom is 0.407 e. The average Bonchev–Trinajstić information content (AvgIpc) is 3.08. The lowest BCUT2D eigenvalue weighted by Gasteiger charge is -2.19. The van der Waals surface area contributed by atoms with E-state index in [1.54, 1.807) is 30.9 Å². The fourth-order valence-corrected chi connectivity index (χ4v) is 4.27. The molecule has 4 aromatic rings. The van der Waals surface area contributed by atoms with Crippen molar-refractivity contribution in [2.75, 3.05) is 13.1 Å². The third kappa shape index (κ3) is 14.9. The number of nitrogens with zero attached hydrogens (tertiary/aromatic N) is 4. The second-order valence-corrected chi connectivity index (χ2v) is 13.3. The highest BCUT2D eigenvalue weighted by Crippen LogP contribution is 2.18. The number of ether oxygens (including phenoxy) is 2. The summed E-state index contributed by atoms with van der Waals surface area (Å²) in [6, 6.07) is 15.0. The fraction of sp³-hybridized carbons (Fsp3) is 0.368. The Kier molecular flexibility index (Phi) is 15.0. The first-order valence-corrected chi connectivity index (χ1v) is 16.4. The quantitative estimate of drug-likeness (QED) is 0.132. The van der Waals surface area contributed by atoms with Crippen LogP contribution in [0.1, 0.15) is 70.2 Å². The summed E-state index contributed by atoms with van der Waals surface area (Å²) in [7, 11) is 0. The third-order valence-corrected chi connectivity index (χ3v) is 6.50. The number of hydrogen-bond donors (Lipinski definition) is 4. The number of aromatic nitrogens is 4. The second-order valence-electron chi connectivity index (χ2n) is 13.3. The summed E-state index contributed by atoms with van der Waals surface area (Å²) in [6.45, 7) is 11.8. The van der Waals surface area contributed by atoms with E-state index >= 15 is 0 Å². The lowest BCUT2D eigenvalue weighted by molar-refractivity contribution is 0.0518. The van der Waals surface area contributed by atoms with E-state index in [0.29, 0.717) is 24.7 Å². The molecule has 2 aromatic heterocycles. The molecule has 266 valence electrons. The van der Waals surface area contributed by atoms with Crippen molar-refractivity contribution in [1.82, 2.24) is 30.6 Å². The Labute approximate surface area is 294 Å². The predicted molar refractivity (Wildman–Crippen MR) is 193 cm³/mol. The van der Waals surface area contributed by atoms with Crippen LogP contribution in [0.15, 0.2) is 79.4 Å². The number of aliphatic hydroxyl groups excluding tert-OH is 2. The van der Waals surface area contributed by atoms with Crippen LogP contribution in [0.5, 0.6) is 0 Å². The van der Waals surface area contributed by atoms with E-state index in [4.69, 9.17) is 9.47 Å². The zero-order valence-corrected chi connectivity index (χ0v) is 29.6. The molecule has 0 saturated heterocycles. The molecular formula is C38H48N6O6. The normalized spacial score (nSPS) is 11.4. The third-order valence-electron chi connectivity index (χ3n) is 6.50. The molecule has 2 aromatic carbocycles. The van der Waals surface area contributed by atoms with E-state index in [-0.39, 0.29) is 13.2 Å². The molecule has 0 spiro atoms.